The molecule has 2 saturated carbocycles. The van der Waals surface area contributed by atoms with E-state index in [1.165, 1.54) is 24.8 Å². The average Bonchev–Trinajstić information content (AvgIpc) is 3.00. The predicted molar refractivity (Wildman–Crippen MR) is 90.6 cm³/mol. The van der Waals surface area contributed by atoms with Crippen molar-refractivity contribution in [1.29, 1.82) is 0 Å². The second kappa shape index (κ2) is 4.58. The molecule has 2 bridgehead atoms. The molecule has 0 amide bonds. The maximum Gasteiger partial charge on any atom is 0.123 e. The summed E-state index contributed by atoms with van der Waals surface area (Å²) in [5.74, 6) is 2.03. The molecular weight excluding hydrogens is 270 g/mol. The summed E-state index contributed by atoms with van der Waals surface area (Å²) in [5, 5.41) is 3.84. The fourth-order valence-corrected chi connectivity index (χ4v) is 5.08. The first-order valence-corrected chi connectivity index (χ1v) is 8.57. The Morgan fingerprint density at radius 3 is 2.68 bits per heavy atom. The molecule has 0 unspecified atom stereocenters. The maximum absolute atomic E-state index is 4.79. The Morgan fingerprint density at radius 1 is 1.27 bits per heavy atom. The summed E-state index contributed by atoms with van der Waals surface area (Å²) in [5.41, 5.74) is 3.22. The van der Waals surface area contributed by atoms with Gasteiger partial charge in [0.1, 0.15) is 5.82 Å². The molecule has 1 aromatic carbocycles. The minimum absolute atomic E-state index is 0.433. The van der Waals surface area contributed by atoms with Gasteiger partial charge in [0.25, 0.3) is 0 Å². The number of aromatic nitrogens is 2. The Bertz CT molecular complexity index is 715. The number of nitrogens with one attached hydrogen (secondary N) is 1. The van der Waals surface area contributed by atoms with Crippen molar-refractivity contribution < 1.29 is 0 Å². The second-order valence-corrected chi connectivity index (χ2v) is 8.12. The summed E-state index contributed by atoms with van der Waals surface area (Å²) in [6, 6.07) is 9.02. The molecule has 0 saturated heterocycles. The van der Waals surface area contributed by atoms with Crippen LogP contribution in [0.3, 0.4) is 0 Å². The lowest BCUT2D eigenvalue weighted by molar-refractivity contribution is 0.120. The van der Waals surface area contributed by atoms with Crippen LogP contribution in [0, 0.1) is 16.7 Å². The van der Waals surface area contributed by atoms with Crippen LogP contribution in [0.4, 0.5) is 0 Å². The Morgan fingerprint density at radius 2 is 2.05 bits per heavy atom. The van der Waals surface area contributed by atoms with Crippen LogP contribution in [0.15, 0.2) is 24.3 Å². The molecule has 3 heteroatoms. The topological polar surface area (TPSA) is 29.9 Å². The molecule has 2 aliphatic rings. The third kappa shape index (κ3) is 1.75. The molecule has 22 heavy (non-hydrogen) atoms. The highest BCUT2D eigenvalue weighted by Gasteiger charge is 2.60. The number of rotatable bonds is 3. The summed E-state index contributed by atoms with van der Waals surface area (Å²) in [7, 11) is 2.12. The maximum atomic E-state index is 4.79. The third-order valence-corrected chi connectivity index (χ3v) is 7.18. The van der Waals surface area contributed by atoms with Crippen LogP contribution in [-0.2, 0) is 13.6 Å². The molecule has 118 valence electrons. The number of aryl methyl sites for hydroxylation is 1. The normalized spacial score (nSPS) is 32.9. The van der Waals surface area contributed by atoms with Crippen LogP contribution < -0.4 is 5.32 Å². The molecule has 2 aliphatic carbocycles. The number of imidazole rings is 1. The Labute approximate surface area is 133 Å². The SMILES string of the molecule is Cn1c(CN[C@@H]2C[C@H]3CC[C@]2(C)C3(C)C)nc2ccccc21. The molecule has 1 aromatic heterocycles. The van der Waals surface area contributed by atoms with Gasteiger partial charge in [-0.25, -0.2) is 4.98 Å². The van der Waals surface area contributed by atoms with Gasteiger partial charge in [0.2, 0.25) is 0 Å². The molecule has 1 N–H and O–H groups in total. The van der Waals surface area contributed by atoms with Gasteiger partial charge in [-0.05, 0) is 48.1 Å². The van der Waals surface area contributed by atoms with E-state index in [4.69, 9.17) is 4.98 Å². The minimum atomic E-state index is 0.433. The monoisotopic (exact) mass is 297 g/mol. The average molecular weight is 297 g/mol. The first kappa shape index (κ1) is 14.3. The summed E-state index contributed by atoms with van der Waals surface area (Å²) in [6.07, 6.45) is 4.10. The van der Waals surface area contributed by atoms with Gasteiger partial charge in [-0.2, -0.15) is 0 Å². The number of fused-ring (bicyclic) bond motifs is 3. The van der Waals surface area contributed by atoms with Gasteiger partial charge >= 0.3 is 0 Å². The summed E-state index contributed by atoms with van der Waals surface area (Å²) < 4.78 is 2.23. The fraction of sp³-hybridized carbons (Fsp3) is 0.632. The van der Waals surface area contributed by atoms with Crippen molar-refractivity contribution in [3.63, 3.8) is 0 Å². The zero-order chi connectivity index (χ0) is 15.5. The van der Waals surface area contributed by atoms with Gasteiger partial charge in [-0.15, -0.1) is 0 Å². The van der Waals surface area contributed by atoms with Gasteiger partial charge in [0.05, 0.1) is 17.6 Å². The molecule has 0 aliphatic heterocycles. The van der Waals surface area contributed by atoms with Gasteiger partial charge in [-0.3, -0.25) is 0 Å². The van der Waals surface area contributed by atoms with E-state index in [1.54, 1.807) is 0 Å². The number of nitrogens with zero attached hydrogens (tertiary/aromatic N) is 2. The highest BCUT2D eigenvalue weighted by atomic mass is 15.1. The van der Waals surface area contributed by atoms with Crippen LogP contribution in [0.5, 0.6) is 0 Å². The van der Waals surface area contributed by atoms with Crippen molar-refractivity contribution in [2.24, 2.45) is 23.8 Å². The Kier molecular flexibility index (Phi) is 2.96. The summed E-state index contributed by atoms with van der Waals surface area (Å²) in [6.45, 7) is 8.31. The standard InChI is InChI=1S/C19H27N3/c1-18(2)13-9-10-19(18,3)16(11-13)20-12-17-21-14-7-5-6-8-15(14)22(17)4/h5-8,13,16,20H,9-12H2,1-4H3/t13-,16-,19+/m1/s1. The zero-order valence-corrected chi connectivity index (χ0v) is 14.2. The van der Waals surface area contributed by atoms with Crippen molar-refractivity contribution >= 4 is 11.0 Å². The lowest BCUT2D eigenvalue weighted by Gasteiger charge is -2.39. The Balaban J connectivity index is 1.55. The van der Waals surface area contributed by atoms with E-state index >= 15 is 0 Å². The Hall–Kier alpha value is -1.35. The van der Waals surface area contributed by atoms with Crippen LogP contribution in [0.1, 0.15) is 45.9 Å². The van der Waals surface area contributed by atoms with E-state index in [-0.39, 0.29) is 0 Å². The predicted octanol–water partition coefficient (Wildman–Crippen LogP) is 3.88. The number of para-hydroxylation sites is 2. The summed E-state index contributed by atoms with van der Waals surface area (Å²) in [4.78, 5) is 4.79. The van der Waals surface area contributed by atoms with E-state index in [0.717, 1.165) is 23.8 Å². The van der Waals surface area contributed by atoms with E-state index in [0.29, 0.717) is 16.9 Å². The van der Waals surface area contributed by atoms with E-state index in [2.05, 4.69) is 62.0 Å². The number of hydrogen-bond donors (Lipinski definition) is 1. The highest BCUT2D eigenvalue weighted by molar-refractivity contribution is 5.75. The third-order valence-electron chi connectivity index (χ3n) is 7.18. The molecule has 4 rings (SSSR count). The van der Waals surface area contributed by atoms with Crippen molar-refractivity contribution in [3.05, 3.63) is 30.1 Å². The molecule has 1 heterocycles. The van der Waals surface area contributed by atoms with E-state index < -0.39 is 0 Å². The summed E-state index contributed by atoms with van der Waals surface area (Å²) >= 11 is 0. The highest BCUT2D eigenvalue weighted by Crippen LogP contribution is 2.65. The number of hydrogen-bond acceptors (Lipinski definition) is 2. The van der Waals surface area contributed by atoms with Crippen molar-refractivity contribution in [2.75, 3.05) is 0 Å². The molecule has 2 aromatic rings. The lowest BCUT2D eigenvalue weighted by atomic mass is 9.69. The van der Waals surface area contributed by atoms with E-state index in [9.17, 15) is 0 Å². The quantitative estimate of drug-likeness (QED) is 0.932. The van der Waals surface area contributed by atoms with Crippen molar-refractivity contribution in [1.82, 2.24) is 14.9 Å². The number of benzene rings is 1. The van der Waals surface area contributed by atoms with E-state index in [1.807, 2.05) is 0 Å². The van der Waals surface area contributed by atoms with Gasteiger partial charge in [0, 0.05) is 13.1 Å². The molecule has 3 atom stereocenters. The molecule has 2 fully saturated rings. The molecule has 0 radical (unpaired) electrons. The smallest absolute Gasteiger partial charge is 0.123 e. The van der Waals surface area contributed by atoms with Gasteiger partial charge in [0.15, 0.2) is 0 Å². The largest absolute Gasteiger partial charge is 0.330 e. The first-order chi connectivity index (χ1) is 10.4. The van der Waals surface area contributed by atoms with Crippen molar-refractivity contribution in [3.8, 4) is 0 Å². The molecule has 3 nitrogen and oxygen atoms in total. The first-order valence-electron chi connectivity index (χ1n) is 8.57. The molecule has 0 spiro atoms. The zero-order valence-electron chi connectivity index (χ0n) is 14.2. The van der Waals surface area contributed by atoms with Crippen molar-refractivity contribution in [2.45, 2.75) is 52.6 Å². The van der Waals surface area contributed by atoms with Crippen LogP contribution in [0.2, 0.25) is 0 Å². The second-order valence-electron chi connectivity index (χ2n) is 8.12. The van der Waals surface area contributed by atoms with Gasteiger partial charge in [-0.1, -0.05) is 32.9 Å². The van der Waals surface area contributed by atoms with Crippen LogP contribution in [-0.4, -0.2) is 15.6 Å². The lowest BCUT2D eigenvalue weighted by Crippen LogP contribution is -2.44. The van der Waals surface area contributed by atoms with Crippen LogP contribution in [0.25, 0.3) is 11.0 Å². The van der Waals surface area contributed by atoms with Gasteiger partial charge < -0.3 is 9.88 Å². The van der Waals surface area contributed by atoms with Crippen LogP contribution >= 0.6 is 0 Å². The fourth-order valence-electron chi connectivity index (χ4n) is 5.08. The molecular formula is C19H27N3. The minimum Gasteiger partial charge on any atom is -0.330 e.